The first-order chi connectivity index (χ1) is 4.20. The van der Waals surface area contributed by atoms with Gasteiger partial charge in [0.05, 0.1) is 0 Å². The predicted octanol–water partition coefficient (Wildman–Crippen LogP) is 2.04. The number of hydrogen-bond donors (Lipinski definition) is 0. The molecule has 0 atom stereocenters. The summed E-state index contributed by atoms with van der Waals surface area (Å²) in [5, 5.41) is 0. The van der Waals surface area contributed by atoms with E-state index in [9.17, 15) is 4.39 Å². The van der Waals surface area contributed by atoms with Crippen molar-refractivity contribution < 1.29 is 58.2 Å². The first-order valence-corrected chi connectivity index (χ1v) is 2.77. The van der Waals surface area contributed by atoms with Gasteiger partial charge < -0.3 is 16.5 Å². The van der Waals surface area contributed by atoms with Crippen molar-refractivity contribution in [2.75, 3.05) is 0 Å². The summed E-state index contributed by atoms with van der Waals surface area (Å²) in [4.78, 5) is 0. The number of halogens is 1. The third-order valence-corrected chi connectivity index (χ3v) is 1.15. The van der Waals surface area contributed by atoms with Gasteiger partial charge in [-0.25, -0.2) is 0 Å². The van der Waals surface area contributed by atoms with Gasteiger partial charge >= 0.3 is 0 Å². The van der Waals surface area contributed by atoms with Crippen LogP contribution in [0.3, 0.4) is 0 Å². The van der Waals surface area contributed by atoms with Crippen LogP contribution in [0.5, 0.6) is 0 Å². The molecule has 0 aliphatic carbocycles. The monoisotopic (exact) mass is 395 g/mol. The van der Waals surface area contributed by atoms with Crippen molar-refractivity contribution >= 4 is 0 Å². The quantitative estimate of drug-likeness (QED) is 0.591. The Morgan fingerprint density at radius 2 is 1.91 bits per heavy atom. The van der Waals surface area contributed by atoms with Gasteiger partial charge in [0.15, 0.2) is 0 Å². The third-order valence-electron chi connectivity index (χ3n) is 1.15. The van der Waals surface area contributed by atoms with E-state index in [0.29, 0.717) is 5.56 Å². The number of hydrogen-bond acceptors (Lipinski definition) is 0. The van der Waals surface area contributed by atoms with Gasteiger partial charge in [0.25, 0.3) is 0 Å². The first-order valence-electron chi connectivity index (χ1n) is 2.77. The molecule has 0 amide bonds. The Morgan fingerprint density at radius 3 is 2.27 bits per heavy atom. The minimum atomic E-state index is -0.236. The van der Waals surface area contributed by atoms with E-state index in [1.54, 1.807) is 6.92 Å². The molecular formula is C8H7FWY-2. The molecule has 1 aromatic carbocycles. The molecule has 0 N–H and O–H groups in total. The van der Waals surface area contributed by atoms with Crippen molar-refractivity contribution in [3.05, 3.63) is 35.1 Å². The smallest absolute Gasteiger partial charge is 0 e. The van der Waals surface area contributed by atoms with E-state index >= 15 is 0 Å². The molecule has 0 heterocycles. The van der Waals surface area contributed by atoms with Crippen LogP contribution in [0.25, 0.3) is 0 Å². The average molecular weight is 395 g/mol. The second-order valence-electron chi connectivity index (χ2n) is 2.01. The molecule has 0 unspecified atom stereocenters. The van der Waals surface area contributed by atoms with Crippen LogP contribution in [-0.4, -0.2) is 0 Å². The topological polar surface area (TPSA) is 0 Å². The standard InChI is InChI=1S/C8H7F.W.Y/c1-6-3-4-8(9)7(2)5-6;;/h4H,1-2H3;;/q-2;;. The maximum atomic E-state index is 12.4. The molecule has 0 fully saturated rings. The van der Waals surface area contributed by atoms with Crippen LogP contribution in [0.4, 0.5) is 4.39 Å². The second-order valence-corrected chi connectivity index (χ2v) is 2.01. The SMILES string of the molecule is Cc1[c-]cc(F)c(C)[c-]1.[W].[Y]. The van der Waals surface area contributed by atoms with Crippen LogP contribution in [0, 0.1) is 31.8 Å². The molecule has 0 aliphatic heterocycles. The van der Waals surface area contributed by atoms with Crippen LogP contribution in [0.1, 0.15) is 11.1 Å². The van der Waals surface area contributed by atoms with Crippen LogP contribution in [-0.2, 0) is 53.8 Å². The van der Waals surface area contributed by atoms with Gasteiger partial charge in [0.1, 0.15) is 0 Å². The fraction of sp³-hybridized carbons (Fsp3) is 0.250. The van der Waals surface area contributed by atoms with Gasteiger partial charge in [0.2, 0.25) is 0 Å². The zero-order chi connectivity index (χ0) is 6.85. The van der Waals surface area contributed by atoms with Crippen molar-refractivity contribution in [3.63, 3.8) is 0 Å². The van der Waals surface area contributed by atoms with Crippen LogP contribution < -0.4 is 0 Å². The first kappa shape index (κ1) is 14.5. The molecule has 3 heteroatoms. The Hall–Kier alpha value is 0.942. The Balaban J connectivity index is 0. The Kier molecular flexibility index (Phi) is 8.49. The molecule has 1 radical (unpaired) electrons. The molecule has 57 valence electrons. The van der Waals surface area contributed by atoms with E-state index in [0.717, 1.165) is 5.56 Å². The van der Waals surface area contributed by atoms with Crippen molar-refractivity contribution in [3.8, 4) is 0 Å². The van der Waals surface area contributed by atoms with E-state index in [-0.39, 0.29) is 59.6 Å². The van der Waals surface area contributed by atoms with Crippen LogP contribution in [0.2, 0.25) is 0 Å². The maximum Gasteiger partial charge on any atom is 0 e. The van der Waals surface area contributed by atoms with Gasteiger partial charge in [-0.2, -0.15) is 0 Å². The molecule has 0 saturated heterocycles. The molecule has 1 rings (SSSR count). The van der Waals surface area contributed by atoms with E-state index < -0.39 is 0 Å². The molecule has 0 aliphatic rings. The number of rotatable bonds is 0. The summed E-state index contributed by atoms with van der Waals surface area (Å²) in [5.41, 5.74) is 1.42. The maximum absolute atomic E-state index is 12.4. The normalized spacial score (nSPS) is 7.91. The van der Waals surface area contributed by atoms with Gasteiger partial charge in [-0.1, -0.05) is 13.8 Å². The van der Waals surface area contributed by atoms with Gasteiger partial charge in [0, 0.05) is 53.8 Å². The summed E-state index contributed by atoms with van der Waals surface area (Å²) in [6.45, 7) is 3.53. The minimum absolute atomic E-state index is 0. The zero-order valence-corrected chi connectivity index (χ0v) is 12.2. The molecule has 0 aromatic heterocycles. The number of aryl methyl sites for hydroxylation is 2. The molecule has 0 saturated carbocycles. The zero-order valence-electron chi connectivity index (χ0n) is 6.44. The molecule has 1 aromatic rings. The molecule has 0 spiro atoms. The van der Waals surface area contributed by atoms with E-state index in [1.165, 1.54) is 6.07 Å². The van der Waals surface area contributed by atoms with Crippen LogP contribution >= 0.6 is 0 Å². The molecule has 0 nitrogen and oxygen atoms in total. The summed E-state index contributed by atoms with van der Waals surface area (Å²) in [7, 11) is 0. The van der Waals surface area contributed by atoms with E-state index in [4.69, 9.17) is 0 Å². The molecule has 0 bridgehead atoms. The number of benzene rings is 1. The average Bonchev–Trinajstić information content (AvgIpc) is 1.80. The summed E-state index contributed by atoms with van der Waals surface area (Å²) < 4.78 is 12.4. The van der Waals surface area contributed by atoms with E-state index in [2.05, 4.69) is 12.1 Å². The largest absolute Gasteiger partial charge is 0.359 e. The molecular weight excluding hydrogens is 388 g/mol. The van der Waals surface area contributed by atoms with Crippen molar-refractivity contribution in [2.45, 2.75) is 13.8 Å². The summed E-state index contributed by atoms with van der Waals surface area (Å²) in [5.74, 6) is -0.236. The summed E-state index contributed by atoms with van der Waals surface area (Å²) >= 11 is 0. The summed E-state index contributed by atoms with van der Waals surface area (Å²) in [6.07, 6.45) is 0. The second kappa shape index (κ2) is 6.46. The van der Waals surface area contributed by atoms with Crippen molar-refractivity contribution in [2.24, 2.45) is 0 Å². The Labute approximate surface area is 106 Å². The van der Waals surface area contributed by atoms with E-state index in [1.807, 2.05) is 6.92 Å². The van der Waals surface area contributed by atoms with Gasteiger partial charge in [-0.15, -0.1) is 5.82 Å². The fourth-order valence-electron chi connectivity index (χ4n) is 0.657. The van der Waals surface area contributed by atoms with Crippen molar-refractivity contribution in [1.29, 1.82) is 0 Å². The fourth-order valence-corrected chi connectivity index (χ4v) is 0.657. The van der Waals surface area contributed by atoms with Gasteiger partial charge in [-0.05, 0) is 0 Å². The van der Waals surface area contributed by atoms with Crippen molar-refractivity contribution in [1.82, 2.24) is 0 Å². The third kappa shape index (κ3) is 4.50. The molecule has 11 heavy (non-hydrogen) atoms. The Bertz CT molecular complexity index is 225. The van der Waals surface area contributed by atoms with Gasteiger partial charge in [-0.3, -0.25) is 17.2 Å². The minimum Gasteiger partial charge on any atom is -0.359 e. The predicted molar refractivity (Wildman–Crippen MR) is 33.5 cm³/mol. The Morgan fingerprint density at radius 1 is 1.36 bits per heavy atom. The summed E-state index contributed by atoms with van der Waals surface area (Å²) in [6, 6.07) is 6.85. The van der Waals surface area contributed by atoms with Crippen LogP contribution in [0.15, 0.2) is 6.07 Å².